The predicted octanol–water partition coefficient (Wildman–Crippen LogP) is 5.30. The highest BCUT2D eigenvalue weighted by molar-refractivity contribution is 6.32. The van der Waals surface area contributed by atoms with Gasteiger partial charge in [0.15, 0.2) is 0 Å². The Morgan fingerprint density at radius 1 is 1.03 bits per heavy atom. The zero-order valence-electron chi connectivity index (χ0n) is 17.5. The van der Waals surface area contributed by atoms with Crippen molar-refractivity contribution < 1.29 is 14.3 Å². The van der Waals surface area contributed by atoms with Crippen molar-refractivity contribution in [1.82, 2.24) is 9.78 Å². The standard InChI is InChI=1S/C22H23Cl2N3O3/c1-12-6-7-15(8-17(12)23)27-14(3)16(13(2)26-27)9-22(28)25-19-10-18(24)20(29-4)11-21(19)30-5/h6-8,10-11H,9H2,1-5H3,(H,25,28). The number of hydrogen-bond donors (Lipinski definition) is 1. The van der Waals surface area contributed by atoms with Gasteiger partial charge in [-0.15, -0.1) is 0 Å². The molecule has 0 atom stereocenters. The molecule has 0 saturated carbocycles. The van der Waals surface area contributed by atoms with Crippen LogP contribution in [0.5, 0.6) is 11.5 Å². The van der Waals surface area contributed by atoms with Gasteiger partial charge in [-0.1, -0.05) is 29.3 Å². The number of nitrogens with zero attached hydrogens (tertiary/aromatic N) is 2. The Balaban J connectivity index is 1.85. The van der Waals surface area contributed by atoms with Crippen molar-refractivity contribution in [2.75, 3.05) is 19.5 Å². The van der Waals surface area contributed by atoms with Crippen LogP contribution < -0.4 is 14.8 Å². The third-order valence-electron chi connectivity index (χ3n) is 4.93. The molecule has 3 aromatic rings. The summed E-state index contributed by atoms with van der Waals surface area (Å²) in [4.78, 5) is 12.8. The van der Waals surface area contributed by atoms with E-state index < -0.39 is 0 Å². The molecule has 158 valence electrons. The van der Waals surface area contributed by atoms with E-state index in [0.717, 1.165) is 28.2 Å². The SMILES string of the molecule is COc1cc(OC)c(NC(=O)Cc2c(C)nn(-c3ccc(C)c(Cl)c3)c2C)cc1Cl. The van der Waals surface area contributed by atoms with Crippen molar-refractivity contribution in [2.45, 2.75) is 27.2 Å². The zero-order valence-corrected chi connectivity index (χ0v) is 19.0. The molecule has 30 heavy (non-hydrogen) atoms. The van der Waals surface area contributed by atoms with E-state index in [0.29, 0.717) is 27.2 Å². The van der Waals surface area contributed by atoms with Gasteiger partial charge in [0.05, 0.1) is 42.7 Å². The Kier molecular flexibility index (Phi) is 6.58. The van der Waals surface area contributed by atoms with Crippen molar-refractivity contribution in [2.24, 2.45) is 0 Å². The van der Waals surface area contributed by atoms with Crippen LogP contribution in [0, 0.1) is 20.8 Å². The minimum atomic E-state index is -0.206. The molecular weight excluding hydrogens is 425 g/mol. The monoisotopic (exact) mass is 447 g/mol. The van der Waals surface area contributed by atoms with E-state index in [1.807, 2.05) is 39.0 Å². The molecule has 0 saturated heterocycles. The number of carbonyl (C=O) groups is 1. The second-order valence-electron chi connectivity index (χ2n) is 6.91. The lowest BCUT2D eigenvalue weighted by atomic mass is 10.1. The van der Waals surface area contributed by atoms with Crippen LogP contribution >= 0.6 is 23.2 Å². The average molecular weight is 448 g/mol. The fourth-order valence-electron chi connectivity index (χ4n) is 3.21. The lowest BCUT2D eigenvalue weighted by Gasteiger charge is -2.13. The van der Waals surface area contributed by atoms with Gasteiger partial charge >= 0.3 is 0 Å². The first kappa shape index (κ1) is 22.0. The van der Waals surface area contributed by atoms with E-state index >= 15 is 0 Å². The number of rotatable bonds is 6. The van der Waals surface area contributed by atoms with E-state index in [2.05, 4.69) is 10.4 Å². The summed E-state index contributed by atoms with van der Waals surface area (Å²) < 4.78 is 12.3. The number of carbonyl (C=O) groups excluding carboxylic acids is 1. The fourth-order valence-corrected chi connectivity index (χ4v) is 3.62. The lowest BCUT2D eigenvalue weighted by Crippen LogP contribution is -2.16. The molecule has 0 unspecified atom stereocenters. The summed E-state index contributed by atoms with van der Waals surface area (Å²) >= 11 is 12.5. The van der Waals surface area contributed by atoms with Crippen LogP contribution in [-0.4, -0.2) is 29.9 Å². The van der Waals surface area contributed by atoms with Gasteiger partial charge in [-0.3, -0.25) is 4.79 Å². The molecule has 1 N–H and O–H groups in total. The molecular formula is C22H23Cl2N3O3. The number of ether oxygens (including phenoxy) is 2. The molecule has 0 aliphatic rings. The second-order valence-corrected chi connectivity index (χ2v) is 7.72. The summed E-state index contributed by atoms with van der Waals surface area (Å²) in [5.41, 5.74) is 4.82. The molecule has 0 fully saturated rings. The van der Waals surface area contributed by atoms with Gasteiger partial charge in [0, 0.05) is 22.3 Å². The molecule has 2 aromatic carbocycles. The van der Waals surface area contributed by atoms with Crippen LogP contribution in [0.1, 0.15) is 22.5 Å². The molecule has 0 radical (unpaired) electrons. The van der Waals surface area contributed by atoms with Crippen LogP contribution in [0.25, 0.3) is 5.69 Å². The molecule has 0 spiro atoms. The van der Waals surface area contributed by atoms with Gasteiger partial charge in [-0.2, -0.15) is 5.10 Å². The number of halogens is 2. The normalized spacial score (nSPS) is 10.8. The quantitative estimate of drug-likeness (QED) is 0.556. The van der Waals surface area contributed by atoms with E-state index in [4.69, 9.17) is 32.7 Å². The molecule has 0 bridgehead atoms. The third kappa shape index (κ3) is 4.40. The molecule has 0 aliphatic heterocycles. The van der Waals surface area contributed by atoms with Gasteiger partial charge in [-0.25, -0.2) is 4.68 Å². The maximum absolute atomic E-state index is 12.8. The van der Waals surface area contributed by atoms with Crippen LogP contribution in [0.15, 0.2) is 30.3 Å². The molecule has 3 rings (SSSR count). The van der Waals surface area contributed by atoms with E-state index in [1.54, 1.807) is 16.8 Å². The minimum Gasteiger partial charge on any atom is -0.495 e. The maximum atomic E-state index is 12.8. The van der Waals surface area contributed by atoms with Gasteiger partial charge < -0.3 is 14.8 Å². The number of hydrogen-bond acceptors (Lipinski definition) is 4. The van der Waals surface area contributed by atoms with Crippen LogP contribution in [0.2, 0.25) is 10.0 Å². The predicted molar refractivity (Wildman–Crippen MR) is 120 cm³/mol. The summed E-state index contributed by atoms with van der Waals surface area (Å²) in [5.74, 6) is 0.724. The molecule has 6 nitrogen and oxygen atoms in total. The Bertz CT molecular complexity index is 1110. The first-order chi connectivity index (χ1) is 14.2. The molecule has 1 amide bonds. The highest BCUT2D eigenvalue weighted by Crippen LogP contribution is 2.36. The summed E-state index contributed by atoms with van der Waals surface area (Å²) in [6.07, 6.45) is 0.157. The van der Waals surface area contributed by atoms with Crippen molar-refractivity contribution in [3.05, 3.63) is 62.9 Å². The number of methoxy groups -OCH3 is 2. The van der Waals surface area contributed by atoms with E-state index in [-0.39, 0.29) is 12.3 Å². The Labute approximate surface area is 185 Å². The van der Waals surface area contributed by atoms with E-state index in [9.17, 15) is 4.79 Å². The smallest absolute Gasteiger partial charge is 0.229 e. The number of amides is 1. The number of nitrogens with one attached hydrogen (secondary N) is 1. The summed E-state index contributed by atoms with van der Waals surface area (Å²) in [5, 5.41) is 8.51. The number of anilines is 1. The average Bonchev–Trinajstić information content (AvgIpc) is 2.98. The van der Waals surface area contributed by atoms with Crippen molar-refractivity contribution in [1.29, 1.82) is 0 Å². The third-order valence-corrected chi connectivity index (χ3v) is 5.63. The number of aryl methyl sites for hydroxylation is 2. The Hall–Kier alpha value is -2.70. The highest BCUT2D eigenvalue weighted by Gasteiger charge is 2.18. The minimum absolute atomic E-state index is 0.157. The Morgan fingerprint density at radius 3 is 2.37 bits per heavy atom. The van der Waals surface area contributed by atoms with Gasteiger partial charge in [0.2, 0.25) is 5.91 Å². The van der Waals surface area contributed by atoms with Crippen molar-refractivity contribution >= 4 is 34.8 Å². The van der Waals surface area contributed by atoms with Crippen LogP contribution in [0.4, 0.5) is 5.69 Å². The van der Waals surface area contributed by atoms with Gasteiger partial charge in [0.1, 0.15) is 11.5 Å². The first-order valence-electron chi connectivity index (χ1n) is 9.28. The fraction of sp³-hybridized carbons (Fsp3) is 0.273. The number of benzene rings is 2. The maximum Gasteiger partial charge on any atom is 0.229 e. The van der Waals surface area contributed by atoms with Gasteiger partial charge in [0.25, 0.3) is 0 Å². The first-order valence-corrected chi connectivity index (χ1v) is 10.0. The van der Waals surface area contributed by atoms with Crippen LogP contribution in [0.3, 0.4) is 0 Å². The van der Waals surface area contributed by atoms with Gasteiger partial charge in [-0.05, 0) is 44.5 Å². The topological polar surface area (TPSA) is 65.4 Å². The van der Waals surface area contributed by atoms with Crippen LogP contribution in [-0.2, 0) is 11.2 Å². The summed E-state index contributed by atoms with van der Waals surface area (Å²) in [7, 11) is 3.03. The molecule has 1 heterocycles. The molecule has 1 aromatic heterocycles. The van der Waals surface area contributed by atoms with Crippen molar-refractivity contribution in [3.63, 3.8) is 0 Å². The molecule has 8 heteroatoms. The highest BCUT2D eigenvalue weighted by atomic mass is 35.5. The zero-order chi connectivity index (χ0) is 22.0. The Morgan fingerprint density at radius 2 is 1.73 bits per heavy atom. The lowest BCUT2D eigenvalue weighted by molar-refractivity contribution is -0.115. The summed E-state index contributed by atoms with van der Waals surface area (Å²) in [6, 6.07) is 9.00. The summed E-state index contributed by atoms with van der Waals surface area (Å²) in [6.45, 7) is 5.76. The second kappa shape index (κ2) is 8.98. The van der Waals surface area contributed by atoms with E-state index in [1.165, 1.54) is 14.2 Å². The number of aromatic nitrogens is 2. The largest absolute Gasteiger partial charge is 0.495 e. The molecule has 0 aliphatic carbocycles. The van der Waals surface area contributed by atoms with Crippen molar-refractivity contribution in [3.8, 4) is 17.2 Å².